The van der Waals surface area contributed by atoms with E-state index in [9.17, 15) is 0 Å². The Balaban J connectivity index is 2.80. The zero-order valence-electron chi connectivity index (χ0n) is 8.91. The van der Waals surface area contributed by atoms with Crippen molar-refractivity contribution in [1.29, 1.82) is 0 Å². The van der Waals surface area contributed by atoms with Gasteiger partial charge in [0.05, 0.1) is 0 Å². The van der Waals surface area contributed by atoms with Crippen LogP contribution in [0.1, 0.15) is 38.6 Å². The maximum atomic E-state index is 4.35. The summed E-state index contributed by atoms with van der Waals surface area (Å²) in [6, 6.07) is 0.477. The molecule has 1 atom stereocenters. The van der Waals surface area contributed by atoms with Crippen LogP contribution in [0.3, 0.4) is 0 Å². The number of aromatic nitrogens is 2. The number of nitrogens with zero attached hydrogens (tertiary/aromatic N) is 2. The smallest absolute Gasteiger partial charge is 0.111 e. The Bertz CT molecular complexity index is 252. The zero-order valence-corrected chi connectivity index (χ0v) is 8.91. The van der Waals surface area contributed by atoms with Crippen molar-refractivity contribution in [2.45, 2.75) is 32.7 Å². The van der Waals surface area contributed by atoms with Crippen LogP contribution in [0.4, 0.5) is 0 Å². The molecule has 3 nitrogen and oxygen atoms in total. The van der Waals surface area contributed by atoms with E-state index >= 15 is 0 Å². The second kappa shape index (κ2) is 4.42. The standard InChI is InChI=1S/C10H19N3/c1-8(2)10-12-5-6-13(10)9(3)7-11-4/h5-6,8-9,11H,7H2,1-4H3. The predicted molar refractivity (Wildman–Crippen MR) is 55.0 cm³/mol. The Morgan fingerprint density at radius 2 is 2.15 bits per heavy atom. The van der Waals surface area contributed by atoms with E-state index in [4.69, 9.17) is 0 Å². The van der Waals surface area contributed by atoms with Gasteiger partial charge in [-0.25, -0.2) is 4.98 Å². The summed E-state index contributed by atoms with van der Waals surface area (Å²) >= 11 is 0. The van der Waals surface area contributed by atoms with Crippen LogP contribution in [0.2, 0.25) is 0 Å². The Hall–Kier alpha value is -0.830. The molecule has 0 aliphatic rings. The molecule has 0 bridgehead atoms. The first-order valence-corrected chi connectivity index (χ1v) is 4.84. The van der Waals surface area contributed by atoms with Crippen molar-refractivity contribution in [3.63, 3.8) is 0 Å². The Kier molecular flexibility index (Phi) is 3.48. The largest absolute Gasteiger partial charge is 0.331 e. The average molecular weight is 181 g/mol. The van der Waals surface area contributed by atoms with E-state index in [0.29, 0.717) is 12.0 Å². The highest BCUT2D eigenvalue weighted by molar-refractivity contribution is 4.99. The topological polar surface area (TPSA) is 29.9 Å². The van der Waals surface area contributed by atoms with Gasteiger partial charge in [0.2, 0.25) is 0 Å². The molecule has 0 spiro atoms. The molecule has 1 aromatic rings. The van der Waals surface area contributed by atoms with Crippen molar-refractivity contribution in [2.75, 3.05) is 13.6 Å². The third-order valence-corrected chi connectivity index (χ3v) is 2.19. The fourth-order valence-electron chi connectivity index (χ4n) is 1.54. The molecule has 0 aliphatic carbocycles. The van der Waals surface area contributed by atoms with E-state index < -0.39 is 0 Å². The average Bonchev–Trinajstić information content (AvgIpc) is 2.52. The summed E-state index contributed by atoms with van der Waals surface area (Å²) in [6.07, 6.45) is 3.93. The molecule has 13 heavy (non-hydrogen) atoms. The van der Waals surface area contributed by atoms with Crippen molar-refractivity contribution >= 4 is 0 Å². The quantitative estimate of drug-likeness (QED) is 0.767. The highest BCUT2D eigenvalue weighted by Gasteiger charge is 2.11. The second-order valence-electron chi connectivity index (χ2n) is 3.75. The van der Waals surface area contributed by atoms with Gasteiger partial charge in [-0.15, -0.1) is 0 Å². The van der Waals surface area contributed by atoms with Gasteiger partial charge in [0.25, 0.3) is 0 Å². The molecule has 0 saturated carbocycles. The summed E-state index contributed by atoms with van der Waals surface area (Å²) in [5.41, 5.74) is 0. The van der Waals surface area contributed by atoms with Gasteiger partial charge in [-0.2, -0.15) is 0 Å². The minimum Gasteiger partial charge on any atom is -0.331 e. The molecule has 0 saturated heterocycles. The molecule has 1 heterocycles. The lowest BCUT2D eigenvalue weighted by atomic mass is 10.2. The summed E-state index contributed by atoms with van der Waals surface area (Å²) in [5, 5.41) is 3.17. The van der Waals surface area contributed by atoms with Gasteiger partial charge in [0.1, 0.15) is 5.82 Å². The van der Waals surface area contributed by atoms with E-state index in [0.717, 1.165) is 6.54 Å². The van der Waals surface area contributed by atoms with Crippen LogP contribution in [-0.4, -0.2) is 23.1 Å². The first kappa shape index (κ1) is 10.3. The number of rotatable bonds is 4. The summed E-state index contributed by atoms with van der Waals surface area (Å²) in [4.78, 5) is 4.35. The number of hydrogen-bond donors (Lipinski definition) is 1. The third kappa shape index (κ3) is 2.31. The van der Waals surface area contributed by atoms with Crippen molar-refractivity contribution < 1.29 is 0 Å². The molecule has 0 fully saturated rings. The van der Waals surface area contributed by atoms with E-state index in [2.05, 4.69) is 41.8 Å². The highest BCUT2D eigenvalue weighted by Crippen LogP contribution is 2.16. The zero-order chi connectivity index (χ0) is 9.84. The number of hydrogen-bond acceptors (Lipinski definition) is 2. The maximum absolute atomic E-state index is 4.35. The molecule has 1 unspecified atom stereocenters. The van der Waals surface area contributed by atoms with E-state index in [1.807, 2.05) is 13.2 Å². The normalized spacial score (nSPS) is 13.6. The van der Waals surface area contributed by atoms with Gasteiger partial charge in [0, 0.05) is 30.9 Å². The van der Waals surface area contributed by atoms with Gasteiger partial charge in [0.15, 0.2) is 0 Å². The Morgan fingerprint density at radius 1 is 1.46 bits per heavy atom. The summed E-state index contributed by atoms with van der Waals surface area (Å²) in [6.45, 7) is 7.52. The molecule has 1 aromatic heterocycles. The third-order valence-electron chi connectivity index (χ3n) is 2.19. The van der Waals surface area contributed by atoms with Crippen molar-refractivity contribution in [3.05, 3.63) is 18.2 Å². The summed E-state index contributed by atoms with van der Waals surface area (Å²) in [5.74, 6) is 1.66. The number of nitrogens with one attached hydrogen (secondary N) is 1. The monoisotopic (exact) mass is 181 g/mol. The molecule has 0 radical (unpaired) electrons. The van der Waals surface area contributed by atoms with E-state index in [-0.39, 0.29) is 0 Å². The summed E-state index contributed by atoms with van der Waals surface area (Å²) < 4.78 is 2.24. The van der Waals surface area contributed by atoms with Crippen LogP contribution < -0.4 is 5.32 Å². The molecular weight excluding hydrogens is 162 g/mol. The minimum atomic E-state index is 0.477. The first-order chi connectivity index (χ1) is 6.16. The van der Waals surface area contributed by atoms with Gasteiger partial charge < -0.3 is 9.88 Å². The fourth-order valence-corrected chi connectivity index (χ4v) is 1.54. The van der Waals surface area contributed by atoms with Crippen LogP contribution in [0.15, 0.2) is 12.4 Å². The Labute approximate surface area is 80.2 Å². The molecule has 1 rings (SSSR count). The van der Waals surface area contributed by atoms with E-state index in [1.165, 1.54) is 5.82 Å². The highest BCUT2D eigenvalue weighted by atomic mass is 15.1. The van der Waals surface area contributed by atoms with E-state index in [1.54, 1.807) is 0 Å². The summed E-state index contributed by atoms with van der Waals surface area (Å²) in [7, 11) is 1.97. The van der Waals surface area contributed by atoms with Crippen LogP contribution in [0, 0.1) is 0 Å². The maximum Gasteiger partial charge on any atom is 0.111 e. The van der Waals surface area contributed by atoms with Gasteiger partial charge in [-0.1, -0.05) is 13.8 Å². The fraction of sp³-hybridized carbons (Fsp3) is 0.700. The second-order valence-corrected chi connectivity index (χ2v) is 3.75. The Morgan fingerprint density at radius 3 is 2.69 bits per heavy atom. The molecule has 0 aliphatic heterocycles. The van der Waals surface area contributed by atoms with Crippen LogP contribution in [0.25, 0.3) is 0 Å². The van der Waals surface area contributed by atoms with Gasteiger partial charge >= 0.3 is 0 Å². The molecule has 1 N–H and O–H groups in total. The molecule has 0 amide bonds. The molecule has 3 heteroatoms. The minimum absolute atomic E-state index is 0.477. The molecule has 0 aromatic carbocycles. The van der Waals surface area contributed by atoms with Crippen molar-refractivity contribution in [3.8, 4) is 0 Å². The van der Waals surface area contributed by atoms with Gasteiger partial charge in [-0.3, -0.25) is 0 Å². The SMILES string of the molecule is CNCC(C)n1ccnc1C(C)C. The molecular formula is C10H19N3. The van der Waals surface area contributed by atoms with Gasteiger partial charge in [-0.05, 0) is 14.0 Å². The first-order valence-electron chi connectivity index (χ1n) is 4.84. The van der Waals surface area contributed by atoms with Crippen LogP contribution in [-0.2, 0) is 0 Å². The number of likely N-dealkylation sites (N-methyl/N-ethyl adjacent to an activating group) is 1. The lowest BCUT2D eigenvalue weighted by Gasteiger charge is -2.17. The van der Waals surface area contributed by atoms with Crippen LogP contribution >= 0.6 is 0 Å². The molecule has 74 valence electrons. The lowest BCUT2D eigenvalue weighted by molar-refractivity contribution is 0.489. The predicted octanol–water partition coefficient (Wildman–Crippen LogP) is 1.79. The van der Waals surface area contributed by atoms with Crippen molar-refractivity contribution in [2.24, 2.45) is 0 Å². The van der Waals surface area contributed by atoms with Crippen LogP contribution in [0.5, 0.6) is 0 Å². The van der Waals surface area contributed by atoms with Crippen molar-refractivity contribution in [1.82, 2.24) is 14.9 Å². The number of imidazole rings is 1. The lowest BCUT2D eigenvalue weighted by Crippen LogP contribution is -2.21.